The standard InChI is InChI=1S/C17H22N2O/c1-2-6-13(7-3-1)19-18-11-12-10-16-17(20-16)15-9-5-4-8-14(12)15/h1-3,6-7,11-12,14-17,19H,4-5,8-10H2. The van der Waals surface area contributed by atoms with Crippen LogP contribution in [0.4, 0.5) is 5.69 Å². The molecule has 1 aliphatic heterocycles. The predicted molar refractivity (Wildman–Crippen MR) is 80.8 cm³/mol. The third-order valence-electron chi connectivity index (χ3n) is 5.21. The third kappa shape index (κ3) is 2.35. The molecule has 1 aromatic carbocycles. The minimum absolute atomic E-state index is 0.530. The fraction of sp³-hybridized carbons (Fsp3) is 0.588. The molecule has 1 aromatic rings. The molecule has 0 amide bonds. The molecule has 2 aliphatic carbocycles. The predicted octanol–water partition coefficient (Wildman–Crippen LogP) is 3.68. The summed E-state index contributed by atoms with van der Waals surface area (Å²) in [5, 5.41) is 4.48. The largest absolute Gasteiger partial charge is 0.369 e. The van der Waals surface area contributed by atoms with Crippen LogP contribution in [0.25, 0.3) is 0 Å². The van der Waals surface area contributed by atoms with Crippen LogP contribution in [0.15, 0.2) is 35.4 Å². The molecular formula is C17H22N2O. The van der Waals surface area contributed by atoms with Gasteiger partial charge in [0.2, 0.25) is 0 Å². The van der Waals surface area contributed by atoms with Gasteiger partial charge >= 0.3 is 0 Å². The number of fused-ring (bicyclic) bond motifs is 3. The Hall–Kier alpha value is -1.35. The summed E-state index contributed by atoms with van der Waals surface area (Å²) in [5.41, 5.74) is 4.20. The van der Waals surface area contributed by atoms with Gasteiger partial charge in [-0.2, -0.15) is 5.10 Å². The van der Waals surface area contributed by atoms with Gasteiger partial charge in [-0.3, -0.25) is 5.43 Å². The van der Waals surface area contributed by atoms with Crippen molar-refractivity contribution in [3.05, 3.63) is 30.3 Å². The lowest BCUT2D eigenvalue weighted by Crippen LogP contribution is -2.36. The summed E-state index contributed by atoms with van der Waals surface area (Å²) in [6.45, 7) is 0. The van der Waals surface area contributed by atoms with Crippen molar-refractivity contribution in [2.45, 2.75) is 44.3 Å². The zero-order chi connectivity index (χ0) is 13.4. The first-order valence-corrected chi connectivity index (χ1v) is 7.91. The smallest absolute Gasteiger partial charge is 0.0873 e. The number of nitrogens with one attached hydrogen (secondary N) is 1. The molecule has 4 rings (SSSR count). The molecule has 0 aromatic heterocycles. The van der Waals surface area contributed by atoms with Gasteiger partial charge in [-0.05, 0) is 43.2 Å². The summed E-state index contributed by atoms with van der Waals surface area (Å²) in [5.74, 6) is 2.20. The molecule has 20 heavy (non-hydrogen) atoms. The highest BCUT2D eigenvalue weighted by Gasteiger charge is 2.54. The van der Waals surface area contributed by atoms with Gasteiger partial charge in [0, 0.05) is 12.1 Å². The monoisotopic (exact) mass is 270 g/mol. The molecule has 106 valence electrons. The van der Waals surface area contributed by atoms with Crippen molar-refractivity contribution in [2.75, 3.05) is 5.43 Å². The van der Waals surface area contributed by atoms with Crippen molar-refractivity contribution in [2.24, 2.45) is 22.9 Å². The number of ether oxygens (including phenoxy) is 1. The Morgan fingerprint density at radius 2 is 1.90 bits per heavy atom. The van der Waals surface area contributed by atoms with Gasteiger partial charge in [-0.25, -0.2) is 0 Å². The number of rotatable bonds is 3. The van der Waals surface area contributed by atoms with Crippen molar-refractivity contribution >= 4 is 11.9 Å². The Balaban J connectivity index is 1.42. The number of anilines is 1. The number of epoxide rings is 1. The molecule has 0 spiro atoms. The second-order valence-electron chi connectivity index (χ2n) is 6.41. The molecule has 1 saturated heterocycles. The van der Waals surface area contributed by atoms with Crippen LogP contribution >= 0.6 is 0 Å². The summed E-state index contributed by atoms with van der Waals surface area (Å²) in [4.78, 5) is 0. The number of hydrogen-bond donors (Lipinski definition) is 1. The molecule has 3 heteroatoms. The molecule has 0 radical (unpaired) electrons. The Labute approximate surface area is 120 Å². The Morgan fingerprint density at radius 1 is 1.10 bits per heavy atom. The summed E-state index contributed by atoms with van der Waals surface area (Å²) in [6.07, 6.45) is 9.94. The van der Waals surface area contributed by atoms with Crippen molar-refractivity contribution in [3.8, 4) is 0 Å². The van der Waals surface area contributed by atoms with E-state index in [9.17, 15) is 0 Å². The molecule has 5 unspecified atom stereocenters. The summed E-state index contributed by atoms with van der Waals surface area (Å²) < 4.78 is 5.86. The summed E-state index contributed by atoms with van der Waals surface area (Å²) in [7, 11) is 0. The quantitative estimate of drug-likeness (QED) is 0.517. The van der Waals surface area contributed by atoms with E-state index < -0.39 is 0 Å². The lowest BCUT2D eigenvalue weighted by Gasteiger charge is -2.37. The normalized spacial score (nSPS) is 39.1. The lowest BCUT2D eigenvalue weighted by molar-refractivity contribution is 0.153. The van der Waals surface area contributed by atoms with Gasteiger partial charge in [0.1, 0.15) is 0 Å². The van der Waals surface area contributed by atoms with Gasteiger partial charge in [0.15, 0.2) is 0 Å². The highest BCUT2D eigenvalue weighted by atomic mass is 16.6. The van der Waals surface area contributed by atoms with Crippen LogP contribution in [-0.2, 0) is 4.74 Å². The summed E-state index contributed by atoms with van der Waals surface area (Å²) >= 11 is 0. The highest BCUT2D eigenvalue weighted by molar-refractivity contribution is 5.63. The average molecular weight is 270 g/mol. The van der Waals surface area contributed by atoms with Crippen molar-refractivity contribution in [3.63, 3.8) is 0 Å². The van der Waals surface area contributed by atoms with E-state index >= 15 is 0 Å². The maximum absolute atomic E-state index is 5.86. The third-order valence-corrected chi connectivity index (χ3v) is 5.21. The first-order valence-electron chi connectivity index (χ1n) is 7.91. The molecule has 3 fully saturated rings. The van der Waals surface area contributed by atoms with Crippen LogP contribution in [0.5, 0.6) is 0 Å². The van der Waals surface area contributed by atoms with E-state index in [0.29, 0.717) is 18.1 Å². The van der Waals surface area contributed by atoms with E-state index in [0.717, 1.165) is 17.5 Å². The number of para-hydroxylation sites is 1. The molecule has 3 nitrogen and oxygen atoms in total. The van der Waals surface area contributed by atoms with Crippen LogP contribution in [0.1, 0.15) is 32.1 Å². The maximum atomic E-state index is 5.86. The van der Waals surface area contributed by atoms with Crippen molar-refractivity contribution in [1.82, 2.24) is 0 Å². The molecule has 1 heterocycles. The van der Waals surface area contributed by atoms with E-state index in [4.69, 9.17) is 4.74 Å². The zero-order valence-corrected chi connectivity index (χ0v) is 11.7. The molecule has 5 atom stereocenters. The summed E-state index contributed by atoms with van der Waals surface area (Å²) in [6, 6.07) is 10.2. The minimum atomic E-state index is 0.530. The number of hydrogen-bond acceptors (Lipinski definition) is 3. The van der Waals surface area contributed by atoms with E-state index in [1.165, 1.54) is 32.1 Å². The first-order chi connectivity index (χ1) is 9.92. The maximum Gasteiger partial charge on any atom is 0.0873 e. The van der Waals surface area contributed by atoms with E-state index in [1.54, 1.807) is 0 Å². The Bertz CT molecular complexity index is 487. The van der Waals surface area contributed by atoms with E-state index in [-0.39, 0.29) is 0 Å². The van der Waals surface area contributed by atoms with Gasteiger partial charge in [-0.1, -0.05) is 31.0 Å². The van der Waals surface area contributed by atoms with Crippen LogP contribution < -0.4 is 5.43 Å². The molecule has 0 bridgehead atoms. The van der Waals surface area contributed by atoms with Crippen LogP contribution in [0.3, 0.4) is 0 Å². The molecular weight excluding hydrogens is 248 g/mol. The van der Waals surface area contributed by atoms with Crippen LogP contribution in [0.2, 0.25) is 0 Å². The van der Waals surface area contributed by atoms with Gasteiger partial charge in [-0.15, -0.1) is 0 Å². The highest BCUT2D eigenvalue weighted by Crippen LogP contribution is 2.51. The Kier molecular flexibility index (Phi) is 3.23. The van der Waals surface area contributed by atoms with Crippen LogP contribution in [0, 0.1) is 17.8 Å². The second kappa shape index (κ2) is 5.21. The molecule has 3 aliphatic rings. The average Bonchev–Trinajstić information content (AvgIpc) is 3.28. The fourth-order valence-corrected chi connectivity index (χ4v) is 4.19. The number of hydrazone groups is 1. The topological polar surface area (TPSA) is 36.9 Å². The lowest BCUT2D eigenvalue weighted by atomic mass is 9.66. The first kappa shape index (κ1) is 12.4. The van der Waals surface area contributed by atoms with Gasteiger partial charge < -0.3 is 4.74 Å². The van der Waals surface area contributed by atoms with Crippen molar-refractivity contribution in [1.29, 1.82) is 0 Å². The zero-order valence-electron chi connectivity index (χ0n) is 11.7. The SMILES string of the molecule is C(=NNc1ccccc1)C1CC2OC2C2CCCCC12. The molecule has 1 N–H and O–H groups in total. The van der Waals surface area contributed by atoms with Crippen LogP contribution in [-0.4, -0.2) is 18.4 Å². The molecule has 2 saturated carbocycles. The van der Waals surface area contributed by atoms with Gasteiger partial charge in [0.25, 0.3) is 0 Å². The minimum Gasteiger partial charge on any atom is -0.369 e. The fourth-order valence-electron chi connectivity index (χ4n) is 4.19. The van der Waals surface area contributed by atoms with E-state index in [1.807, 2.05) is 30.3 Å². The van der Waals surface area contributed by atoms with Crippen molar-refractivity contribution < 1.29 is 4.74 Å². The Morgan fingerprint density at radius 3 is 2.75 bits per heavy atom. The number of nitrogens with zero attached hydrogens (tertiary/aromatic N) is 1. The number of benzene rings is 1. The second-order valence-corrected chi connectivity index (χ2v) is 6.41. The van der Waals surface area contributed by atoms with E-state index in [2.05, 4.69) is 16.7 Å². The van der Waals surface area contributed by atoms with Gasteiger partial charge in [0.05, 0.1) is 17.9 Å².